The fraction of sp³-hybridized carbons (Fsp3) is 0.381. The van der Waals surface area contributed by atoms with Crippen LogP contribution in [0.15, 0.2) is 24.4 Å². The quantitative estimate of drug-likeness (QED) is 0.507. The zero-order valence-corrected chi connectivity index (χ0v) is 17.4. The third kappa shape index (κ3) is 3.56. The molecule has 2 aromatic rings. The third-order valence-electron chi connectivity index (χ3n) is 5.63. The number of fused-ring (bicyclic) bond motifs is 3. The molecule has 10 heteroatoms. The van der Waals surface area contributed by atoms with Crippen LogP contribution in [0.25, 0.3) is 11.1 Å². The van der Waals surface area contributed by atoms with Gasteiger partial charge in [-0.25, -0.2) is 9.78 Å². The van der Waals surface area contributed by atoms with Gasteiger partial charge in [-0.3, -0.25) is 5.32 Å². The number of pyridine rings is 1. The van der Waals surface area contributed by atoms with Crippen LogP contribution in [0, 0.1) is 11.3 Å². The van der Waals surface area contributed by atoms with Crippen molar-refractivity contribution in [1.82, 2.24) is 10.3 Å². The number of benzene rings is 1. The van der Waals surface area contributed by atoms with E-state index in [2.05, 4.69) is 26.4 Å². The van der Waals surface area contributed by atoms with Gasteiger partial charge in [-0.05, 0) is 44.0 Å². The molecular formula is C21H21BN4O5. The fourth-order valence-corrected chi connectivity index (χ4v) is 4.01. The lowest BCUT2D eigenvalue weighted by atomic mass is 9.68. The van der Waals surface area contributed by atoms with Crippen molar-refractivity contribution in [2.24, 2.45) is 0 Å². The summed E-state index contributed by atoms with van der Waals surface area (Å²) in [6, 6.07) is 7.23. The zero-order chi connectivity index (χ0) is 22.4. The second-order valence-corrected chi connectivity index (χ2v) is 7.94. The number of rotatable bonds is 4. The number of hydrogen-bond donors (Lipinski definition) is 3. The maximum atomic E-state index is 11.5. The molecule has 2 aliphatic heterocycles. The minimum Gasteiger partial charge on any atom is -0.487 e. The Hall–Kier alpha value is -3.29. The molecule has 158 valence electrons. The van der Waals surface area contributed by atoms with Crippen LogP contribution in [0.2, 0.25) is 0 Å². The number of amides is 1. The van der Waals surface area contributed by atoms with Gasteiger partial charge < -0.3 is 24.6 Å². The van der Waals surface area contributed by atoms with Gasteiger partial charge in [0.05, 0.1) is 12.6 Å². The number of aliphatic hydroxyl groups is 1. The van der Waals surface area contributed by atoms with E-state index in [1.807, 2.05) is 6.92 Å². The van der Waals surface area contributed by atoms with Gasteiger partial charge in [0.15, 0.2) is 13.5 Å². The number of methoxy groups -OCH3 is 1. The van der Waals surface area contributed by atoms with Crippen molar-refractivity contribution in [3.8, 4) is 28.7 Å². The number of nitrogens with zero attached hydrogens (tertiary/aromatic N) is 2. The second kappa shape index (κ2) is 7.44. The number of carbonyl (C=O) groups excluding carboxylic acids is 1. The molecule has 1 fully saturated rings. The van der Waals surface area contributed by atoms with Crippen molar-refractivity contribution in [1.29, 1.82) is 5.26 Å². The van der Waals surface area contributed by atoms with Crippen LogP contribution in [0.1, 0.15) is 31.4 Å². The van der Waals surface area contributed by atoms with E-state index in [1.165, 1.54) is 7.11 Å². The number of anilines is 1. The van der Waals surface area contributed by atoms with Crippen molar-refractivity contribution in [3.05, 3.63) is 35.5 Å². The Labute approximate surface area is 180 Å². The van der Waals surface area contributed by atoms with Gasteiger partial charge in [0, 0.05) is 23.4 Å². The molecule has 1 aromatic heterocycles. The highest BCUT2D eigenvalue weighted by Crippen LogP contribution is 2.45. The van der Waals surface area contributed by atoms with Crippen LogP contribution in [-0.4, -0.2) is 48.4 Å². The molecule has 1 saturated heterocycles. The van der Waals surface area contributed by atoms with Crippen LogP contribution in [0.4, 0.5) is 10.6 Å². The first-order valence-electron chi connectivity index (χ1n) is 9.69. The lowest BCUT2D eigenvalue weighted by Gasteiger charge is -2.53. The standard InChI is InChI=1S/C21H21BN4O5/c1-11-7-20(2,26-11)21(22,28)31-16-5-4-13-14-6-17(25-19(27)29-3)24-9-12(14)10-30-18(13)15(16)8-23/h4-6,9,11,26,28H,7,10H2,1-3H3,(H,24,25,27). The highest BCUT2D eigenvalue weighted by Gasteiger charge is 2.52. The first-order chi connectivity index (χ1) is 14.7. The van der Waals surface area contributed by atoms with Gasteiger partial charge >= 0.3 is 6.09 Å². The van der Waals surface area contributed by atoms with Crippen LogP contribution in [0.5, 0.6) is 11.5 Å². The minimum absolute atomic E-state index is 0.110. The van der Waals surface area contributed by atoms with Gasteiger partial charge in [0.25, 0.3) is 0 Å². The van der Waals surface area contributed by atoms with Crippen LogP contribution >= 0.6 is 0 Å². The summed E-state index contributed by atoms with van der Waals surface area (Å²) >= 11 is 0. The molecule has 2 radical (unpaired) electrons. The van der Waals surface area contributed by atoms with Gasteiger partial charge in [-0.15, -0.1) is 0 Å². The van der Waals surface area contributed by atoms with E-state index in [0.717, 1.165) is 11.1 Å². The number of ether oxygens (including phenoxy) is 3. The molecule has 3 N–H and O–H groups in total. The maximum Gasteiger partial charge on any atom is 0.412 e. The first kappa shape index (κ1) is 21.0. The highest BCUT2D eigenvalue weighted by molar-refractivity contribution is 6.14. The predicted octanol–water partition coefficient (Wildman–Crippen LogP) is 2.02. The van der Waals surface area contributed by atoms with Crippen LogP contribution < -0.4 is 20.1 Å². The molecular weight excluding hydrogens is 399 g/mol. The van der Waals surface area contributed by atoms with Gasteiger partial charge in [-0.2, -0.15) is 5.26 Å². The number of hydrogen-bond acceptors (Lipinski definition) is 8. The molecule has 3 heterocycles. The van der Waals surface area contributed by atoms with E-state index >= 15 is 0 Å². The normalized spacial score (nSPS) is 23.0. The SMILES string of the molecule is [B]C(O)(Oc1ccc2c(c1C#N)OCc1cnc(NC(=O)OC)cc1-2)C1(C)CC(C)N1. The summed E-state index contributed by atoms with van der Waals surface area (Å²) in [6.07, 6.45) is 1.55. The molecule has 31 heavy (non-hydrogen) atoms. The van der Waals surface area contributed by atoms with Crippen LogP contribution in [0.3, 0.4) is 0 Å². The summed E-state index contributed by atoms with van der Waals surface area (Å²) in [7, 11) is 7.33. The highest BCUT2D eigenvalue weighted by atomic mass is 16.6. The van der Waals surface area contributed by atoms with Crippen LogP contribution in [-0.2, 0) is 11.3 Å². The number of nitrogens with one attached hydrogen (secondary N) is 2. The summed E-state index contributed by atoms with van der Waals surface area (Å²) < 4.78 is 16.1. The van der Waals surface area contributed by atoms with E-state index < -0.39 is 17.3 Å². The number of aromatic nitrogens is 1. The molecule has 4 rings (SSSR count). The Balaban J connectivity index is 1.70. The topological polar surface area (TPSA) is 126 Å². The van der Waals surface area contributed by atoms with Crippen molar-refractivity contribution in [2.75, 3.05) is 12.4 Å². The summed E-state index contributed by atoms with van der Waals surface area (Å²) in [5.41, 5.74) is -0.619. The molecule has 0 spiro atoms. The summed E-state index contributed by atoms with van der Waals surface area (Å²) in [5, 5.41) is 26.2. The molecule has 9 nitrogen and oxygen atoms in total. The Morgan fingerprint density at radius 1 is 1.52 bits per heavy atom. The average molecular weight is 420 g/mol. The van der Waals surface area contributed by atoms with Crippen molar-refractivity contribution in [2.45, 2.75) is 44.1 Å². The fourth-order valence-electron chi connectivity index (χ4n) is 4.01. The monoisotopic (exact) mass is 420 g/mol. The summed E-state index contributed by atoms with van der Waals surface area (Å²) in [4.78, 5) is 15.7. The lowest BCUT2D eigenvalue weighted by Crippen LogP contribution is -2.74. The lowest BCUT2D eigenvalue weighted by molar-refractivity contribution is -0.155. The molecule has 0 saturated carbocycles. The second-order valence-electron chi connectivity index (χ2n) is 7.94. The largest absolute Gasteiger partial charge is 0.487 e. The summed E-state index contributed by atoms with van der Waals surface area (Å²) in [6.45, 7) is 3.91. The molecule has 3 unspecified atom stereocenters. The van der Waals surface area contributed by atoms with Gasteiger partial charge in [0.1, 0.15) is 35.6 Å². The minimum atomic E-state index is -2.03. The Bertz CT molecular complexity index is 1090. The van der Waals surface area contributed by atoms with E-state index in [-0.39, 0.29) is 24.0 Å². The molecule has 2 aliphatic rings. The molecule has 0 aliphatic carbocycles. The van der Waals surface area contributed by atoms with Gasteiger partial charge in [0.2, 0.25) is 0 Å². The third-order valence-corrected chi connectivity index (χ3v) is 5.63. The molecule has 3 atom stereocenters. The molecule has 0 bridgehead atoms. The average Bonchev–Trinajstić information content (AvgIpc) is 2.71. The maximum absolute atomic E-state index is 11.5. The van der Waals surface area contributed by atoms with E-state index in [0.29, 0.717) is 23.6 Å². The Morgan fingerprint density at radius 3 is 2.90 bits per heavy atom. The predicted molar refractivity (Wildman–Crippen MR) is 112 cm³/mol. The smallest absolute Gasteiger partial charge is 0.412 e. The Kier molecular flexibility index (Phi) is 5.03. The van der Waals surface area contributed by atoms with Crippen molar-refractivity contribution < 1.29 is 24.1 Å². The number of carbonyl (C=O) groups is 1. The molecule has 1 amide bonds. The van der Waals surface area contributed by atoms with Gasteiger partial charge in [-0.1, -0.05) is 0 Å². The van der Waals surface area contributed by atoms with Crippen molar-refractivity contribution in [3.63, 3.8) is 0 Å². The first-order valence-corrected chi connectivity index (χ1v) is 9.69. The van der Waals surface area contributed by atoms with E-state index in [4.69, 9.17) is 17.3 Å². The van der Waals surface area contributed by atoms with E-state index in [9.17, 15) is 15.2 Å². The Morgan fingerprint density at radius 2 is 2.26 bits per heavy atom. The van der Waals surface area contributed by atoms with E-state index in [1.54, 1.807) is 31.3 Å². The summed E-state index contributed by atoms with van der Waals surface area (Å²) in [5.74, 6) is 0.713. The van der Waals surface area contributed by atoms with Crippen molar-refractivity contribution >= 4 is 19.8 Å². The zero-order valence-electron chi connectivity index (χ0n) is 17.4. The molecule has 1 aromatic carbocycles. The number of nitriles is 1.